The van der Waals surface area contributed by atoms with Gasteiger partial charge in [-0.1, -0.05) is 19.3 Å². The van der Waals surface area contributed by atoms with Crippen molar-refractivity contribution in [2.24, 2.45) is 5.92 Å². The summed E-state index contributed by atoms with van der Waals surface area (Å²) in [4.78, 5) is 0.226. The van der Waals surface area contributed by atoms with E-state index in [-0.39, 0.29) is 4.90 Å². The van der Waals surface area contributed by atoms with E-state index < -0.39 is 10.0 Å². The Bertz CT molecular complexity index is 540. The second-order valence-corrected chi connectivity index (χ2v) is 7.66. The third kappa shape index (κ3) is 3.94. The summed E-state index contributed by atoms with van der Waals surface area (Å²) in [6, 6.07) is 4.70. The fourth-order valence-electron chi connectivity index (χ4n) is 2.39. The Hall–Kier alpha value is -0.590. The van der Waals surface area contributed by atoms with Gasteiger partial charge in [-0.25, -0.2) is 13.1 Å². The van der Waals surface area contributed by atoms with Crippen LogP contribution in [0.1, 0.15) is 32.1 Å². The van der Waals surface area contributed by atoms with Gasteiger partial charge < -0.3 is 5.73 Å². The van der Waals surface area contributed by atoms with E-state index in [2.05, 4.69) is 20.7 Å². The molecule has 2 rings (SSSR count). The van der Waals surface area contributed by atoms with Crippen molar-refractivity contribution in [1.29, 1.82) is 0 Å². The molecule has 1 aliphatic rings. The molecule has 0 atom stereocenters. The van der Waals surface area contributed by atoms with Crippen molar-refractivity contribution in [3.05, 3.63) is 22.7 Å². The minimum atomic E-state index is -3.45. The maximum absolute atomic E-state index is 12.2. The third-order valence-electron chi connectivity index (χ3n) is 3.56. The first-order chi connectivity index (χ1) is 8.99. The Balaban J connectivity index is 2.02. The molecule has 0 bridgehead atoms. The van der Waals surface area contributed by atoms with Gasteiger partial charge in [-0.15, -0.1) is 0 Å². The van der Waals surface area contributed by atoms with Crippen LogP contribution in [0, 0.1) is 5.92 Å². The Morgan fingerprint density at radius 1 is 1.26 bits per heavy atom. The average molecular weight is 347 g/mol. The van der Waals surface area contributed by atoms with Gasteiger partial charge in [-0.3, -0.25) is 0 Å². The van der Waals surface area contributed by atoms with Crippen molar-refractivity contribution in [3.63, 3.8) is 0 Å². The molecule has 0 heterocycles. The van der Waals surface area contributed by atoms with E-state index in [9.17, 15) is 8.42 Å². The molecule has 1 saturated carbocycles. The summed E-state index contributed by atoms with van der Waals surface area (Å²) in [7, 11) is -3.45. The number of halogens is 1. The number of anilines is 1. The Morgan fingerprint density at radius 3 is 2.58 bits per heavy atom. The van der Waals surface area contributed by atoms with Crippen molar-refractivity contribution in [2.75, 3.05) is 12.3 Å². The number of nitrogen functional groups attached to an aromatic ring is 1. The Labute approximate surface area is 122 Å². The van der Waals surface area contributed by atoms with Crippen LogP contribution in [0.15, 0.2) is 27.6 Å². The van der Waals surface area contributed by atoms with Crippen molar-refractivity contribution in [3.8, 4) is 0 Å². The molecule has 0 unspecified atom stereocenters. The maximum Gasteiger partial charge on any atom is 0.240 e. The molecule has 6 heteroatoms. The lowest BCUT2D eigenvalue weighted by Crippen LogP contribution is -2.30. The zero-order valence-corrected chi connectivity index (χ0v) is 13.1. The second kappa shape index (κ2) is 6.24. The molecule has 0 aromatic heterocycles. The molecule has 0 aliphatic heterocycles. The fraction of sp³-hybridized carbons (Fsp3) is 0.538. The van der Waals surface area contributed by atoms with Crippen molar-refractivity contribution < 1.29 is 8.42 Å². The van der Waals surface area contributed by atoms with E-state index in [1.807, 2.05) is 0 Å². The molecule has 0 saturated heterocycles. The number of nitrogens with one attached hydrogen (secondary N) is 1. The van der Waals surface area contributed by atoms with Gasteiger partial charge in [-0.2, -0.15) is 0 Å². The van der Waals surface area contributed by atoms with Gasteiger partial charge in [0, 0.05) is 16.7 Å². The number of hydrogen-bond donors (Lipinski definition) is 2. The van der Waals surface area contributed by atoms with Gasteiger partial charge in [-0.05, 0) is 52.9 Å². The molecule has 0 amide bonds. The summed E-state index contributed by atoms with van der Waals surface area (Å²) in [5.41, 5.74) is 6.15. The molecule has 1 aromatic carbocycles. The third-order valence-corrected chi connectivity index (χ3v) is 5.71. The van der Waals surface area contributed by atoms with E-state index in [0.29, 0.717) is 22.6 Å². The minimum absolute atomic E-state index is 0.226. The van der Waals surface area contributed by atoms with Crippen LogP contribution in [0.5, 0.6) is 0 Å². The Kier molecular flexibility index (Phi) is 4.86. The van der Waals surface area contributed by atoms with Gasteiger partial charge in [0.05, 0.1) is 4.90 Å². The summed E-state index contributed by atoms with van der Waals surface area (Å²) in [5.74, 6) is 0.469. The van der Waals surface area contributed by atoms with Crippen LogP contribution >= 0.6 is 15.9 Å². The molecule has 19 heavy (non-hydrogen) atoms. The summed E-state index contributed by atoms with van der Waals surface area (Å²) in [5, 5.41) is 0. The summed E-state index contributed by atoms with van der Waals surface area (Å²) < 4.78 is 27.7. The van der Waals surface area contributed by atoms with Crippen LogP contribution in [-0.4, -0.2) is 15.0 Å². The standard InChI is InChI=1S/C13H19BrN2O2S/c14-12-7-6-11(8-13(12)15)19(17,18)16-9-10-4-2-1-3-5-10/h6-8,10,16H,1-5,9,15H2. The van der Waals surface area contributed by atoms with Gasteiger partial charge in [0.2, 0.25) is 10.0 Å². The number of benzene rings is 1. The molecule has 3 N–H and O–H groups in total. The van der Waals surface area contributed by atoms with Crippen LogP contribution < -0.4 is 10.5 Å². The lowest BCUT2D eigenvalue weighted by Gasteiger charge is -2.21. The molecule has 0 spiro atoms. The van der Waals surface area contributed by atoms with Gasteiger partial charge in [0.15, 0.2) is 0 Å². The smallest absolute Gasteiger partial charge is 0.240 e. The highest BCUT2D eigenvalue weighted by Gasteiger charge is 2.19. The predicted molar refractivity (Wildman–Crippen MR) is 80.3 cm³/mol. The molecule has 106 valence electrons. The lowest BCUT2D eigenvalue weighted by molar-refractivity contribution is 0.357. The molecule has 1 aromatic rings. The molecule has 4 nitrogen and oxygen atoms in total. The maximum atomic E-state index is 12.2. The molecule has 0 radical (unpaired) electrons. The minimum Gasteiger partial charge on any atom is -0.398 e. The first kappa shape index (κ1) is 14.8. The summed E-state index contributed by atoms with van der Waals surface area (Å²) >= 11 is 3.26. The average Bonchev–Trinajstić information content (AvgIpc) is 2.41. The van der Waals surface area contributed by atoms with Gasteiger partial charge in [0.25, 0.3) is 0 Å². The molecule has 1 fully saturated rings. The highest BCUT2D eigenvalue weighted by atomic mass is 79.9. The first-order valence-corrected chi connectivity index (χ1v) is 8.81. The van der Waals surface area contributed by atoms with E-state index in [1.165, 1.54) is 25.3 Å². The summed E-state index contributed by atoms with van der Waals surface area (Å²) in [6.45, 7) is 0.526. The van der Waals surface area contributed by atoms with Crippen LogP contribution in [0.3, 0.4) is 0 Å². The Morgan fingerprint density at radius 2 is 1.95 bits per heavy atom. The monoisotopic (exact) mass is 346 g/mol. The number of rotatable bonds is 4. The highest BCUT2D eigenvalue weighted by molar-refractivity contribution is 9.10. The molecule has 1 aliphatic carbocycles. The SMILES string of the molecule is Nc1cc(S(=O)(=O)NCC2CCCCC2)ccc1Br. The van der Waals surface area contributed by atoms with Gasteiger partial charge in [0.1, 0.15) is 0 Å². The second-order valence-electron chi connectivity index (χ2n) is 5.04. The van der Waals surface area contributed by atoms with Crippen LogP contribution in [0.2, 0.25) is 0 Å². The van der Waals surface area contributed by atoms with Crippen molar-refractivity contribution in [1.82, 2.24) is 4.72 Å². The topological polar surface area (TPSA) is 72.2 Å². The largest absolute Gasteiger partial charge is 0.398 e. The zero-order valence-electron chi connectivity index (χ0n) is 10.7. The normalized spacial score (nSPS) is 17.5. The van der Waals surface area contributed by atoms with Gasteiger partial charge >= 0.3 is 0 Å². The quantitative estimate of drug-likeness (QED) is 0.823. The summed E-state index contributed by atoms with van der Waals surface area (Å²) in [6.07, 6.45) is 5.91. The number of sulfonamides is 1. The van der Waals surface area contributed by atoms with Crippen molar-refractivity contribution in [2.45, 2.75) is 37.0 Å². The van der Waals surface area contributed by atoms with Crippen molar-refractivity contribution >= 4 is 31.6 Å². The van der Waals surface area contributed by atoms with E-state index in [4.69, 9.17) is 5.73 Å². The first-order valence-electron chi connectivity index (χ1n) is 6.54. The van der Waals surface area contributed by atoms with E-state index >= 15 is 0 Å². The van der Waals surface area contributed by atoms with E-state index in [1.54, 1.807) is 12.1 Å². The lowest BCUT2D eigenvalue weighted by atomic mass is 9.90. The molecular formula is C13H19BrN2O2S. The molecular weight excluding hydrogens is 328 g/mol. The van der Waals surface area contributed by atoms with E-state index in [0.717, 1.165) is 12.8 Å². The highest BCUT2D eigenvalue weighted by Crippen LogP contribution is 2.25. The number of nitrogens with two attached hydrogens (primary N) is 1. The fourth-order valence-corrected chi connectivity index (χ4v) is 3.79. The van der Waals surface area contributed by atoms with Crippen LogP contribution in [-0.2, 0) is 10.0 Å². The van der Waals surface area contributed by atoms with Crippen LogP contribution in [0.25, 0.3) is 0 Å². The van der Waals surface area contributed by atoms with Crippen LogP contribution in [0.4, 0.5) is 5.69 Å². The number of hydrogen-bond acceptors (Lipinski definition) is 3. The zero-order chi connectivity index (χ0) is 13.9. The predicted octanol–water partition coefficient (Wildman–Crippen LogP) is 2.89.